The number of benzene rings is 1. The van der Waals surface area contributed by atoms with Crippen LogP contribution in [0, 0.1) is 0 Å². The normalized spacial score (nSPS) is 13.7. The summed E-state index contributed by atoms with van der Waals surface area (Å²) in [5, 5.41) is 0. The van der Waals surface area contributed by atoms with E-state index in [1.54, 1.807) is 30.4 Å². The van der Waals surface area contributed by atoms with Crippen molar-refractivity contribution in [1.29, 1.82) is 0 Å². The van der Waals surface area contributed by atoms with E-state index < -0.39 is 0 Å². The molecule has 8 nitrogen and oxygen atoms in total. The highest BCUT2D eigenvalue weighted by Crippen LogP contribution is 2.22. The average molecular weight is 428 g/mol. The van der Waals surface area contributed by atoms with Gasteiger partial charge in [0, 0.05) is 55.5 Å². The second-order valence-electron chi connectivity index (χ2n) is 7.84. The quantitative estimate of drug-likeness (QED) is 0.469. The van der Waals surface area contributed by atoms with Gasteiger partial charge in [-0.2, -0.15) is 0 Å². The van der Waals surface area contributed by atoms with Crippen molar-refractivity contribution in [2.45, 2.75) is 26.1 Å². The summed E-state index contributed by atoms with van der Waals surface area (Å²) in [5.41, 5.74) is 4.92. The Balaban J connectivity index is 1.51. The summed E-state index contributed by atoms with van der Waals surface area (Å²) in [4.78, 5) is 28.4. The van der Waals surface area contributed by atoms with E-state index in [0.717, 1.165) is 34.6 Å². The van der Waals surface area contributed by atoms with Gasteiger partial charge in [0.05, 0.1) is 25.0 Å². The molecule has 1 aliphatic heterocycles. The molecule has 0 bridgehead atoms. The smallest absolute Gasteiger partial charge is 0.316 e. The molecule has 0 fully saturated rings. The first-order valence-corrected chi connectivity index (χ1v) is 10.6. The maximum atomic E-state index is 13.4. The molecular weight excluding hydrogens is 404 g/mol. The summed E-state index contributed by atoms with van der Waals surface area (Å²) in [7, 11) is 1.56. The largest absolute Gasteiger partial charge is 0.467 e. The van der Waals surface area contributed by atoms with Crippen molar-refractivity contribution in [3.8, 4) is 11.7 Å². The number of hydrogen-bond donors (Lipinski definition) is 0. The van der Waals surface area contributed by atoms with Crippen LogP contribution < -0.4 is 10.3 Å². The molecule has 0 N–H and O–H groups in total. The molecule has 4 heterocycles. The van der Waals surface area contributed by atoms with Crippen LogP contribution in [0.1, 0.15) is 22.4 Å². The van der Waals surface area contributed by atoms with Gasteiger partial charge in [0.25, 0.3) is 5.56 Å². The first-order valence-electron chi connectivity index (χ1n) is 10.6. The van der Waals surface area contributed by atoms with Gasteiger partial charge in [0.1, 0.15) is 0 Å². The van der Waals surface area contributed by atoms with E-state index in [-0.39, 0.29) is 5.56 Å². The number of fused-ring (bicyclic) bond motifs is 1. The lowest BCUT2D eigenvalue weighted by atomic mass is 10.1. The fraction of sp³-hybridized carbons (Fsp3) is 0.250. The van der Waals surface area contributed by atoms with E-state index in [9.17, 15) is 4.79 Å². The molecule has 0 saturated carbocycles. The zero-order valence-electron chi connectivity index (χ0n) is 17.9. The van der Waals surface area contributed by atoms with Crippen molar-refractivity contribution in [2.24, 2.45) is 0 Å². The van der Waals surface area contributed by atoms with Gasteiger partial charge in [0.2, 0.25) is 0 Å². The van der Waals surface area contributed by atoms with E-state index >= 15 is 0 Å². The first-order chi connectivity index (χ1) is 15.7. The molecule has 0 amide bonds. The maximum Gasteiger partial charge on any atom is 0.316 e. The minimum absolute atomic E-state index is 0.0579. The zero-order chi connectivity index (χ0) is 21.9. The van der Waals surface area contributed by atoms with Gasteiger partial charge in [-0.25, -0.2) is 14.6 Å². The summed E-state index contributed by atoms with van der Waals surface area (Å²) in [5.74, 6) is 0. The SMILES string of the molecule is COc1ncc(CN2CCc3c(n(Cc4cccnc4)n(-c4ccccc4)c3=O)C2)cn1. The minimum Gasteiger partial charge on any atom is -0.467 e. The average Bonchev–Trinajstić information content (AvgIpc) is 3.11. The Morgan fingerprint density at radius 2 is 1.78 bits per heavy atom. The third-order valence-electron chi connectivity index (χ3n) is 5.73. The summed E-state index contributed by atoms with van der Waals surface area (Å²) < 4.78 is 8.96. The number of aromatic nitrogens is 5. The molecule has 32 heavy (non-hydrogen) atoms. The standard InChI is InChI=1S/C24H24N6O2/c1-32-24-26-13-19(14-27-24)15-28-11-9-21-22(17-28)29(16-18-6-5-10-25-12-18)30(23(21)31)20-7-3-2-4-8-20/h2-8,10,12-14H,9,11,15-17H2,1H3. The molecule has 0 spiro atoms. The highest BCUT2D eigenvalue weighted by atomic mass is 16.5. The monoisotopic (exact) mass is 428 g/mol. The third-order valence-corrected chi connectivity index (χ3v) is 5.73. The van der Waals surface area contributed by atoms with Crippen molar-refractivity contribution in [3.05, 3.63) is 100.0 Å². The molecule has 5 rings (SSSR count). The first kappa shape index (κ1) is 20.1. The number of pyridine rings is 1. The van der Waals surface area contributed by atoms with Crippen molar-refractivity contribution in [2.75, 3.05) is 13.7 Å². The fourth-order valence-electron chi connectivity index (χ4n) is 4.21. The molecule has 8 heteroatoms. The number of para-hydroxylation sites is 1. The van der Waals surface area contributed by atoms with Gasteiger partial charge in [-0.3, -0.25) is 19.4 Å². The van der Waals surface area contributed by atoms with Crippen molar-refractivity contribution in [1.82, 2.24) is 29.2 Å². The predicted molar refractivity (Wildman–Crippen MR) is 120 cm³/mol. The second kappa shape index (κ2) is 8.76. The summed E-state index contributed by atoms with van der Waals surface area (Å²) in [6, 6.07) is 14.1. The van der Waals surface area contributed by atoms with Gasteiger partial charge < -0.3 is 4.74 Å². The van der Waals surface area contributed by atoms with Crippen LogP contribution in [-0.2, 0) is 26.1 Å². The van der Waals surface area contributed by atoms with E-state index in [4.69, 9.17) is 4.74 Å². The zero-order valence-corrected chi connectivity index (χ0v) is 17.9. The second-order valence-corrected chi connectivity index (χ2v) is 7.84. The molecule has 0 atom stereocenters. The lowest BCUT2D eigenvalue weighted by Crippen LogP contribution is -2.32. The molecule has 4 aromatic rings. The third kappa shape index (κ3) is 3.92. The van der Waals surface area contributed by atoms with E-state index in [1.807, 2.05) is 48.7 Å². The summed E-state index contributed by atoms with van der Waals surface area (Å²) >= 11 is 0. The molecule has 0 saturated heterocycles. The molecule has 162 valence electrons. The Hall–Kier alpha value is -3.78. The minimum atomic E-state index is 0.0579. The van der Waals surface area contributed by atoms with Crippen molar-refractivity contribution >= 4 is 0 Å². The topological polar surface area (TPSA) is 78.1 Å². The Morgan fingerprint density at radius 3 is 2.50 bits per heavy atom. The number of nitrogens with zero attached hydrogens (tertiary/aromatic N) is 6. The Morgan fingerprint density at radius 1 is 0.969 bits per heavy atom. The Bertz CT molecular complexity index is 1250. The molecular formula is C24H24N6O2. The van der Waals surface area contributed by atoms with Crippen LogP contribution >= 0.6 is 0 Å². The molecule has 1 aliphatic rings. The highest BCUT2D eigenvalue weighted by molar-refractivity contribution is 5.35. The van der Waals surface area contributed by atoms with Crippen LogP contribution in [0.2, 0.25) is 0 Å². The number of hydrogen-bond acceptors (Lipinski definition) is 6. The van der Waals surface area contributed by atoms with Crippen LogP contribution in [0.3, 0.4) is 0 Å². The Labute approximate surface area is 185 Å². The number of methoxy groups -OCH3 is 1. The van der Waals surface area contributed by atoms with Crippen LogP contribution in [0.25, 0.3) is 5.69 Å². The van der Waals surface area contributed by atoms with Gasteiger partial charge in [-0.15, -0.1) is 0 Å². The van der Waals surface area contributed by atoms with Crippen LogP contribution in [0.4, 0.5) is 0 Å². The molecule has 0 aliphatic carbocycles. The van der Waals surface area contributed by atoms with E-state index in [0.29, 0.717) is 32.1 Å². The predicted octanol–water partition coefficient (Wildman–Crippen LogP) is 2.44. The number of ether oxygens (including phenoxy) is 1. The van der Waals surface area contributed by atoms with E-state index in [2.05, 4.69) is 24.5 Å². The molecule has 0 unspecified atom stereocenters. The van der Waals surface area contributed by atoms with Gasteiger partial charge in [0.15, 0.2) is 0 Å². The van der Waals surface area contributed by atoms with Crippen molar-refractivity contribution < 1.29 is 4.74 Å². The Kier molecular flexibility index (Phi) is 5.51. The molecule has 0 radical (unpaired) electrons. The lowest BCUT2D eigenvalue weighted by Gasteiger charge is -2.27. The highest BCUT2D eigenvalue weighted by Gasteiger charge is 2.27. The van der Waals surface area contributed by atoms with Crippen LogP contribution in [-0.4, -0.2) is 42.9 Å². The number of rotatable bonds is 6. The van der Waals surface area contributed by atoms with Crippen LogP contribution in [0.5, 0.6) is 6.01 Å². The van der Waals surface area contributed by atoms with Crippen molar-refractivity contribution in [3.63, 3.8) is 0 Å². The molecule has 1 aromatic carbocycles. The fourth-order valence-corrected chi connectivity index (χ4v) is 4.21. The summed E-state index contributed by atoms with van der Waals surface area (Å²) in [6.45, 7) is 2.77. The summed E-state index contributed by atoms with van der Waals surface area (Å²) in [6.07, 6.45) is 7.90. The molecule has 3 aromatic heterocycles. The lowest BCUT2D eigenvalue weighted by molar-refractivity contribution is 0.235. The maximum absolute atomic E-state index is 13.4. The van der Waals surface area contributed by atoms with Gasteiger partial charge >= 0.3 is 6.01 Å². The van der Waals surface area contributed by atoms with Gasteiger partial charge in [-0.05, 0) is 30.2 Å². The van der Waals surface area contributed by atoms with Gasteiger partial charge in [-0.1, -0.05) is 24.3 Å². The van der Waals surface area contributed by atoms with E-state index in [1.165, 1.54) is 0 Å². The van der Waals surface area contributed by atoms with Crippen LogP contribution in [0.15, 0.2) is 72.0 Å².